The Morgan fingerprint density at radius 2 is 1.42 bits per heavy atom. The fourth-order valence-corrected chi connectivity index (χ4v) is 1.45. The lowest BCUT2D eigenvalue weighted by Crippen LogP contribution is -2.17. The van der Waals surface area contributed by atoms with Crippen molar-refractivity contribution >= 4 is 17.7 Å². The first-order valence-electron chi connectivity index (χ1n) is 8.12. The molecule has 8 nitrogen and oxygen atoms in total. The largest absolute Gasteiger partial charge is 0.476 e. The first kappa shape index (κ1) is 22.5. The maximum absolute atomic E-state index is 11.2. The van der Waals surface area contributed by atoms with E-state index in [1.165, 1.54) is 0 Å². The molecule has 0 radical (unpaired) electrons. The van der Waals surface area contributed by atoms with Crippen LogP contribution in [-0.4, -0.2) is 69.1 Å². The normalized spacial score (nSPS) is 11.9. The molecule has 0 bridgehead atoms. The summed E-state index contributed by atoms with van der Waals surface area (Å²) in [5, 5.41) is 8.35. The number of aliphatic carboxylic acids is 1. The first-order valence-corrected chi connectivity index (χ1v) is 8.12. The second kappa shape index (κ2) is 15.0. The van der Waals surface area contributed by atoms with Crippen LogP contribution >= 0.6 is 0 Å². The number of Topliss-reactive ketones (excluding diaryl/α,β-unsaturated/α-hetero) is 1. The minimum atomic E-state index is -1.54. The van der Waals surface area contributed by atoms with Crippen molar-refractivity contribution in [2.24, 2.45) is 5.92 Å². The fourth-order valence-electron chi connectivity index (χ4n) is 1.45. The van der Waals surface area contributed by atoms with Crippen LogP contribution in [0.15, 0.2) is 0 Å². The van der Waals surface area contributed by atoms with Gasteiger partial charge in [-0.05, 0) is 5.92 Å². The van der Waals surface area contributed by atoms with Crippen LogP contribution in [0.5, 0.6) is 0 Å². The third-order valence-corrected chi connectivity index (χ3v) is 3.13. The highest BCUT2D eigenvalue weighted by molar-refractivity contribution is 6.32. The van der Waals surface area contributed by atoms with Crippen molar-refractivity contribution < 1.29 is 38.4 Å². The van der Waals surface area contributed by atoms with Gasteiger partial charge in [0.15, 0.2) is 0 Å². The SMILES string of the molecule is CCC(C)COCCOCCOCCOC(=O)CCC(=O)C(=O)O. The van der Waals surface area contributed by atoms with Crippen LogP contribution in [0.3, 0.4) is 0 Å². The van der Waals surface area contributed by atoms with Gasteiger partial charge in [-0.15, -0.1) is 0 Å². The van der Waals surface area contributed by atoms with Crippen LogP contribution in [-0.2, 0) is 33.3 Å². The van der Waals surface area contributed by atoms with E-state index >= 15 is 0 Å². The van der Waals surface area contributed by atoms with Crippen LogP contribution in [0.2, 0.25) is 0 Å². The fraction of sp³-hybridized carbons (Fsp3) is 0.812. The zero-order valence-electron chi connectivity index (χ0n) is 14.5. The van der Waals surface area contributed by atoms with E-state index in [-0.39, 0.29) is 26.1 Å². The van der Waals surface area contributed by atoms with Gasteiger partial charge in [0.1, 0.15) is 6.61 Å². The van der Waals surface area contributed by atoms with Gasteiger partial charge in [-0.2, -0.15) is 0 Å². The summed E-state index contributed by atoms with van der Waals surface area (Å²) in [7, 11) is 0. The molecule has 1 unspecified atom stereocenters. The highest BCUT2D eigenvalue weighted by Crippen LogP contribution is 2.00. The molecule has 0 saturated heterocycles. The van der Waals surface area contributed by atoms with E-state index in [4.69, 9.17) is 24.1 Å². The van der Waals surface area contributed by atoms with Crippen molar-refractivity contribution in [1.29, 1.82) is 0 Å². The first-order chi connectivity index (χ1) is 11.5. The molecule has 0 fully saturated rings. The Balaban J connectivity index is 3.29. The molecule has 0 aromatic rings. The van der Waals surface area contributed by atoms with Crippen LogP contribution in [0.25, 0.3) is 0 Å². The van der Waals surface area contributed by atoms with Gasteiger partial charge in [-0.25, -0.2) is 4.79 Å². The Kier molecular flexibility index (Phi) is 14.1. The van der Waals surface area contributed by atoms with E-state index in [0.717, 1.165) is 13.0 Å². The zero-order chi connectivity index (χ0) is 18.2. The molecule has 8 heteroatoms. The second-order valence-corrected chi connectivity index (χ2v) is 5.26. The van der Waals surface area contributed by atoms with E-state index in [2.05, 4.69) is 13.8 Å². The van der Waals surface area contributed by atoms with Crippen LogP contribution in [0.1, 0.15) is 33.1 Å². The average Bonchev–Trinajstić information content (AvgIpc) is 2.56. The lowest BCUT2D eigenvalue weighted by atomic mass is 10.1. The Morgan fingerprint density at radius 1 is 0.875 bits per heavy atom. The second-order valence-electron chi connectivity index (χ2n) is 5.26. The van der Waals surface area contributed by atoms with Crippen LogP contribution < -0.4 is 0 Å². The number of ether oxygens (including phenoxy) is 4. The molecule has 0 heterocycles. The summed E-state index contributed by atoms with van der Waals surface area (Å²) >= 11 is 0. The van der Waals surface area contributed by atoms with E-state index in [9.17, 15) is 14.4 Å². The number of carboxylic acids is 1. The Labute approximate surface area is 142 Å². The number of rotatable bonds is 16. The third-order valence-electron chi connectivity index (χ3n) is 3.13. The number of ketones is 1. The van der Waals surface area contributed by atoms with Crippen LogP contribution in [0.4, 0.5) is 0 Å². The maximum atomic E-state index is 11.2. The summed E-state index contributed by atoms with van der Waals surface area (Å²) in [5.74, 6) is -2.62. The minimum absolute atomic E-state index is 0.0537. The number of carbonyl (C=O) groups excluding carboxylic acids is 2. The summed E-state index contributed by atoms with van der Waals surface area (Å²) < 4.78 is 20.7. The van der Waals surface area contributed by atoms with Gasteiger partial charge in [-0.1, -0.05) is 20.3 Å². The molecule has 24 heavy (non-hydrogen) atoms. The monoisotopic (exact) mass is 348 g/mol. The molecule has 0 aliphatic carbocycles. The number of hydrogen-bond acceptors (Lipinski definition) is 7. The summed E-state index contributed by atoms with van der Waals surface area (Å²) in [6.45, 7) is 7.11. The van der Waals surface area contributed by atoms with Gasteiger partial charge >= 0.3 is 11.9 Å². The summed E-state index contributed by atoms with van der Waals surface area (Å²) in [6, 6.07) is 0. The molecule has 1 atom stereocenters. The quantitative estimate of drug-likeness (QED) is 0.251. The molecule has 140 valence electrons. The number of carbonyl (C=O) groups is 3. The van der Waals surface area contributed by atoms with Gasteiger partial charge in [0.25, 0.3) is 0 Å². The van der Waals surface area contributed by atoms with E-state index in [1.54, 1.807) is 0 Å². The smallest absolute Gasteiger partial charge is 0.372 e. The molecule has 0 aliphatic heterocycles. The van der Waals surface area contributed by atoms with Crippen molar-refractivity contribution in [3.05, 3.63) is 0 Å². The summed E-state index contributed by atoms with van der Waals surface area (Å²) in [6.07, 6.45) is 0.488. The minimum Gasteiger partial charge on any atom is -0.476 e. The highest BCUT2D eigenvalue weighted by atomic mass is 16.6. The molecular weight excluding hydrogens is 320 g/mol. The van der Waals surface area contributed by atoms with Crippen molar-refractivity contribution in [3.63, 3.8) is 0 Å². The Hall–Kier alpha value is -1.51. The number of carboxylic acid groups (broad SMARTS) is 1. The predicted molar refractivity (Wildman–Crippen MR) is 84.7 cm³/mol. The van der Waals surface area contributed by atoms with Crippen molar-refractivity contribution in [1.82, 2.24) is 0 Å². The molecule has 0 aromatic carbocycles. The van der Waals surface area contributed by atoms with Gasteiger partial charge in [0.2, 0.25) is 5.78 Å². The molecule has 0 rings (SSSR count). The molecular formula is C16H28O8. The zero-order valence-corrected chi connectivity index (χ0v) is 14.5. The topological polar surface area (TPSA) is 108 Å². The van der Waals surface area contributed by atoms with Crippen molar-refractivity contribution in [3.8, 4) is 0 Å². The third kappa shape index (κ3) is 14.1. The molecule has 1 N–H and O–H groups in total. The van der Waals surface area contributed by atoms with E-state index in [0.29, 0.717) is 32.3 Å². The maximum Gasteiger partial charge on any atom is 0.372 e. The molecule has 0 aliphatic rings. The number of hydrogen-bond donors (Lipinski definition) is 1. The van der Waals surface area contributed by atoms with Gasteiger partial charge < -0.3 is 24.1 Å². The Morgan fingerprint density at radius 3 is 1.96 bits per heavy atom. The van der Waals surface area contributed by atoms with Crippen molar-refractivity contribution in [2.45, 2.75) is 33.1 Å². The molecule has 0 spiro atoms. The van der Waals surface area contributed by atoms with E-state index < -0.39 is 17.7 Å². The predicted octanol–water partition coefficient (Wildman–Crippen LogP) is 1.06. The van der Waals surface area contributed by atoms with E-state index in [1.807, 2.05) is 0 Å². The molecule has 0 saturated carbocycles. The van der Waals surface area contributed by atoms with Gasteiger partial charge in [-0.3, -0.25) is 9.59 Å². The standard InChI is InChI=1S/C16H28O8/c1-3-13(2)12-23-9-8-21-6-7-22-10-11-24-15(18)5-4-14(17)16(19)20/h13H,3-12H2,1-2H3,(H,19,20). The highest BCUT2D eigenvalue weighted by Gasteiger charge is 2.14. The van der Waals surface area contributed by atoms with Gasteiger partial charge in [0.05, 0.1) is 39.5 Å². The number of esters is 1. The molecule has 0 amide bonds. The lowest BCUT2D eigenvalue weighted by Gasteiger charge is -2.10. The summed E-state index contributed by atoms with van der Waals surface area (Å²) in [5.41, 5.74) is 0. The lowest BCUT2D eigenvalue weighted by molar-refractivity contribution is -0.151. The summed E-state index contributed by atoms with van der Waals surface area (Å²) in [4.78, 5) is 32.3. The molecule has 0 aromatic heterocycles. The van der Waals surface area contributed by atoms with Gasteiger partial charge in [0, 0.05) is 13.0 Å². The van der Waals surface area contributed by atoms with Crippen molar-refractivity contribution in [2.75, 3.05) is 46.2 Å². The Bertz CT molecular complexity index is 369. The van der Waals surface area contributed by atoms with Crippen LogP contribution in [0, 0.1) is 5.92 Å². The average molecular weight is 348 g/mol.